The molecule has 0 aromatic heterocycles. The van der Waals surface area contributed by atoms with Gasteiger partial charge < -0.3 is 0 Å². The largest absolute Gasteiger partial charge is 0.203 e. The molecular formula is C140H140F10. The molecule has 0 unspecified atom stereocenters. The quantitative estimate of drug-likeness (QED) is 0.0211. The number of rotatable bonds is 35. The Morgan fingerprint density at radius 2 is 0.313 bits per heavy atom. The van der Waals surface area contributed by atoms with E-state index in [-0.39, 0.29) is 55.6 Å². The summed E-state index contributed by atoms with van der Waals surface area (Å²) in [7, 11) is 0. The normalized spacial score (nSPS) is 10.5. The van der Waals surface area contributed by atoms with Gasteiger partial charge >= 0.3 is 0 Å². The third-order valence-electron chi connectivity index (χ3n) is 26.5. The van der Waals surface area contributed by atoms with Crippen LogP contribution in [-0.4, -0.2) is 0 Å². The maximum Gasteiger partial charge on any atom is 0.175 e. The van der Waals surface area contributed by atoms with E-state index >= 15 is 0 Å². The molecule has 0 nitrogen and oxygen atoms in total. The Kier molecular flexibility index (Phi) is 48.3. The maximum absolute atomic E-state index is 14.8. The van der Waals surface area contributed by atoms with Crippen molar-refractivity contribution in [2.45, 2.75) is 262 Å². The standard InChI is InChI=1S/C30H32F2.C29H30F2.C28H28F2.C27H26F2.C26H24F2/c1-3-5-7-9-23-11-13-25(14-12-23)17-20-27-21-22-28(30(32)29(27)31)26-18-15-24(16-19-26)10-8-6-4-2;1-3-5-7-9-23-10-12-24(13-11-23)16-19-26-20-21-27(29(31)28(26)30)25-17-14-22(15-18-25)8-6-4-2;1-3-5-6-8-22-9-11-23(12-10-22)15-18-25-19-20-26(28(30)27(25)29)24-16-13-21(7-4-2)14-17-24;1-3-5-6-7-21-8-10-22(11-9-21)14-17-24-18-19-25(27(29)26(24)28)23-15-12-20(4-2)13-16-23;1-3-4-5-6-20-9-11-21(12-10-20)13-16-23-17-18-24(26(28)25(23)27)22-14-7-19(2)8-15-22/h11-16,18-19,21-22H,3-10H2,1-2H3;10-15,17-18,20-21H,3-9H2,1-2H3;9-14,16-17,19-20H,3-8H2,1-2H3;8-13,15-16,18-19H,3-7H2,1-2H3;7-12,14-15,17-18H,3-6H2,1-2H3. The molecular weight excluding hydrogens is 1870 g/mol. The molecule has 10 heteroatoms. The van der Waals surface area contributed by atoms with Crippen LogP contribution in [0.5, 0.6) is 0 Å². The molecule has 0 saturated carbocycles. The van der Waals surface area contributed by atoms with E-state index in [1.807, 2.05) is 177 Å². The average molecular weight is 2010 g/mol. The highest BCUT2D eigenvalue weighted by Crippen LogP contribution is 2.34. The number of halogens is 10. The van der Waals surface area contributed by atoms with Crippen molar-refractivity contribution < 1.29 is 43.9 Å². The Morgan fingerprint density at radius 3 is 0.493 bits per heavy atom. The zero-order valence-electron chi connectivity index (χ0n) is 88.9. The van der Waals surface area contributed by atoms with Crippen LogP contribution in [0.25, 0.3) is 55.6 Å². The molecule has 0 atom stereocenters. The SMILES string of the molecule is CCCCCc1ccc(C#Cc2ccc(-c3ccc(C)cc3)c(F)c2F)cc1.CCCCCc1ccc(C#Cc2ccc(-c3ccc(CC)cc3)c(F)c2F)cc1.CCCCCc1ccc(C#Cc2ccc(-c3ccc(CCC)cc3)c(F)c2F)cc1.CCCCCc1ccc(C#Cc2ccc(-c3ccc(CCCC)cc3)c(F)c2F)cc1.CCCCCc1ccc(C#Cc2ccc(-c3ccc(CCCCC)cc3)c(F)c2F)cc1. The van der Waals surface area contributed by atoms with Crippen LogP contribution in [0.4, 0.5) is 43.9 Å². The molecule has 0 spiro atoms. The van der Waals surface area contributed by atoms with E-state index in [1.165, 1.54) is 154 Å². The lowest BCUT2D eigenvalue weighted by molar-refractivity contribution is 0.509. The molecule has 15 rings (SSSR count). The van der Waals surface area contributed by atoms with E-state index in [2.05, 4.69) is 182 Å². The van der Waals surface area contributed by atoms with Gasteiger partial charge in [-0.3, -0.25) is 0 Å². The number of hydrogen-bond donors (Lipinski definition) is 0. The third-order valence-corrected chi connectivity index (χ3v) is 26.5. The maximum atomic E-state index is 14.8. The van der Waals surface area contributed by atoms with E-state index in [1.54, 1.807) is 72.8 Å². The highest BCUT2D eigenvalue weighted by Gasteiger charge is 2.21. The Hall–Kier alpha value is -14.6. The van der Waals surface area contributed by atoms with Gasteiger partial charge in [0.1, 0.15) is 0 Å². The molecule has 770 valence electrons. The number of aryl methyl sites for hydroxylation is 10. The van der Waals surface area contributed by atoms with Gasteiger partial charge in [0.05, 0.1) is 27.8 Å². The van der Waals surface area contributed by atoms with Gasteiger partial charge in [-0.2, -0.15) is 0 Å². The molecule has 15 aromatic rings. The summed E-state index contributed by atoms with van der Waals surface area (Å²) in [6.45, 7) is 21.4. The zero-order valence-corrected chi connectivity index (χ0v) is 88.9. The second kappa shape index (κ2) is 62.6. The molecule has 0 heterocycles. The average Bonchev–Trinajstić information content (AvgIpc) is 0.823. The monoisotopic (exact) mass is 2010 g/mol. The summed E-state index contributed by atoms with van der Waals surface area (Å²) < 4.78 is 146. The van der Waals surface area contributed by atoms with Crippen molar-refractivity contribution in [2.75, 3.05) is 0 Å². The van der Waals surface area contributed by atoms with E-state index in [4.69, 9.17) is 0 Å². The summed E-state index contributed by atoms with van der Waals surface area (Å²) in [6, 6.07) is 93.7. The first kappa shape index (κ1) is 116. The fraction of sp³-hybridized carbons (Fsp3) is 0.286. The summed E-state index contributed by atoms with van der Waals surface area (Å²) in [5, 5.41) is 0. The molecule has 150 heavy (non-hydrogen) atoms. The Balaban J connectivity index is 0.000000178. The molecule has 0 aliphatic heterocycles. The summed E-state index contributed by atoms with van der Waals surface area (Å²) in [6.07, 6.45) is 34.1. The summed E-state index contributed by atoms with van der Waals surface area (Å²) in [5.41, 5.74) is 21.3. The molecule has 0 aliphatic rings. The summed E-state index contributed by atoms with van der Waals surface area (Å²) in [4.78, 5) is 0. The molecule has 0 N–H and O–H groups in total. The highest BCUT2D eigenvalue weighted by atomic mass is 19.2. The van der Waals surface area contributed by atoms with Gasteiger partial charge in [-0.25, -0.2) is 43.9 Å². The van der Waals surface area contributed by atoms with Crippen LogP contribution in [-0.2, 0) is 57.8 Å². The van der Waals surface area contributed by atoms with Crippen LogP contribution >= 0.6 is 0 Å². The minimum Gasteiger partial charge on any atom is -0.203 e. The van der Waals surface area contributed by atoms with Crippen molar-refractivity contribution in [1.82, 2.24) is 0 Å². The molecule has 0 amide bonds. The molecule has 0 bridgehead atoms. The Bertz CT molecular complexity index is 7100. The molecule has 15 aromatic carbocycles. The number of benzene rings is 15. The van der Waals surface area contributed by atoms with Crippen molar-refractivity contribution in [1.29, 1.82) is 0 Å². The fourth-order valence-electron chi connectivity index (χ4n) is 17.2. The van der Waals surface area contributed by atoms with Gasteiger partial charge in [0.15, 0.2) is 58.2 Å². The van der Waals surface area contributed by atoms with Crippen molar-refractivity contribution >= 4 is 0 Å². The van der Waals surface area contributed by atoms with Crippen LogP contribution in [0, 0.1) is 124 Å². The fourth-order valence-corrected chi connectivity index (χ4v) is 17.2. The van der Waals surface area contributed by atoms with Crippen LogP contribution in [0.3, 0.4) is 0 Å². The van der Waals surface area contributed by atoms with Gasteiger partial charge in [-0.15, -0.1) is 0 Å². The van der Waals surface area contributed by atoms with Gasteiger partial charge in [0, 0.05) is 55.6 Å². The minimum absolute atomic E-state index is 0.0698. The molecule has 0 aliphatic carbocycles. The van der Waals surface area contributed by atoms with Crippen LogP contribution in [0.1, 0.15) is 308 Å². The van der Waals surface area contributed by atoms with Gasteiger partial charge in [0.25, 0.3) is 0 Å². The van der Waals surface area contributed by atoms with E-state index in [0.29, 0.717) is 27.8 Å². The van der Waals surface area contributed by atoms with Gasteiger partial charge in [-0.1, -0.05) is 399 Å². The molecule has 0 fully saturated rings. The Morgan fingerprint density at radius 1 is 0.147 bits per heavy atom. The van der Waals surface area contributed by atoms with Crippen LogP contribution < -0.4 is 0 Å². The van der Waals surface area contributed by atoms with Crippen molar-refractivity contribution in [3.05, 3.63) is 473 Å². The second-order valence-corrected chi connectivity index (χ2v) is 38.3. The highest BCUT2D eigenvalue weighted by molar-refractivity contribution is 5.71. The van der Waals surface area contributed by atoms with Crippen LogP contribution in [0.2, 0.25) is 0 Å². The lowest BCUT2D eigenvalue weighted by Gasteiger charge is -2.07. The van der Waals surface area contributed by atoms with Crippen molar-refractivity contribution in [2.24, 2.45) is 0 Å². The first-order valence-corrected chi connectivity index (χ1v) is 54.0. The Labute approximate surface area is 887 Å². The smallest absolute Gasteiger partial charge is 0.175 e. The predicted octanol–water partition coefficient (Wildman–Crippen LogP) is 38.7. The first-order chi connectivity index (χ1) is 73.1. The van der Waals surface area contributed by atoms with Crippen LogP contribution in [0.15, 0.2) is 303 Å². The van der Waals surface area contributed by atoms with E-state index < -0.39 is 58.2 Å². The van der Waals surface area contributed by atoms with Crippen molar-refractivity contribution in [3.8, 4) is 115 Å². The topological polar surface area (TPSA) is 0 Å². The van der Waals surface area contributed by atoms with E-state index in [0.717, 1.165) is 122 Å². The van der Waals surface area contributed by atoms with Crippen molar-refractivity contribution in [3.63, 3.8) is 0 Å². The second-order valence-electron chi connectivity index (χ2n) is 38.3. The minimum atomic E-state index is -0.901. The van der Waals surface area contributed by atoms with Gasteiger partial charge in [-0.05, 0) is 309 Å². The van der Waals surface area contributed by atoms with Gasteiger partial charge in [0.2, 0.25) is 0 Å². The first-order valence-electron chi connectivity index (χ1n) is 54.0. The zero-order chi connectivity index (χ0) is 107. The molecule has 0 saturated heterocycles. The predicted molar refractivity (Wildman–Crippen MR) is 607 cm³/mol. The molecule has 0 radical (unpaired) electrons. The number of hydrogen-bond acceptors (Lipinski definition) is 0. The number of unbranched alkanes of at least 4 members (excludes halogenated alkanes) is 13. The third kappa shape index (κ3) is 36.1. The lowest BCUT2D eigenvalue weighted by atomic mass is 9.99. The summed E-state index contributed by atoms with van der Waals surface area (Å²) in [5.74, 6) is 19.9. The van der Waals surface area contributed by atoms with E-state index in [9.17, 15) is 43.9 Å². The lowest BCUT2D eigenvalue weighted by Crippen LogP contribution is -1.94. The summed E-state index contributed by atoms with van der Waals surface area (Å²) >= 11 is 0.